The number of fused-ring (bicyclic) bond motifs is 1. The molecule has 1 aromatic carbocycles. The van der Waals surface area contributed by atoms with Crippen LogP contribution in [0.5, 0.6) is 17.2 Å². The third-order valence-electron chi connectivity index (χ3n) is 5.09. The van der Waals surface area contributed by atoms with Gasteiger partial charge in [-0.25, -0.2) is 4.79 Å². The zero-order valence-corrected chi connectivity index (χ0v) is 18.1. The summed E-state index contributed by atoms with van der Waals surface area (Å²) in [6.45, 7) is 3.57. The van der Waals surface area contributed by atoms with Crippen molar-refractivity contribution < 1.29 is 33.7 Å². The number of benzene rings is 1. The van der Waals surface area contributed by atoms with Crippen LogP contribution >= 0.6 is 11.8 Å². The summed E-state index contributed by atoms with van der Waals surface area (Å²) in [5.74, 6) is -0.554. The van der Waals surface area contributed by atoms with E-state index in [1.807, 2.05) is 0 Å². The van der Waals surface area contributed by atoms with Crippen LogP contribution in [0.4, 0.5) is 0 Å². The quantitative estimate of drug-likeness (QED) is 0.486. The lowest BCUT2D eigenvalue weighted by Gasteiger charge is -2.43. The lowest BCUT2D eigenvalue weighted by molar-refractivity contribution is -0.160. The van der Waals surface area contributed by atoms with E-state index in [1.54, 1.807) is 32.1 Å². The molecule has 2 heterocycles. The summed E-state index contributed by atoms with van der Waals surface area (Å²) < 4.78 is 15.2. The molecule has 0 unspecified atom stereocenters. The molecule has 0 saturated carbocycles. The van der Waals surface area contributed by atoms with E-state index < -0.39 is 34.1 Å². The maximum absolute atomic E-state index is 12.5. The Kier molecular flexibility index (Phi) is 5.89. The van der Waals surface area contributed by atoms with Crippen molar-refractivity contribution in [3.05, 3.63) is 23.8 Å². The van der Waals surface area contributed by atoms with Gasteiger partial charge in [0, 0.05) is 10.8 Å². The largest absolute Gasteiger partial charge is 0.493 e. The molecule has 0 spiro atoms. The summed E-state index contributed by atoms with van der Waals surface area (Å²) in [7, 11) is 4.49. The number of carbonyl (C=O) groups is 3. The van der Waals surface area contributed by atoms with Gasteiger partial charge in [-0.15, -0.1) is 11.8 Å². The summed E-state index contributed by atoms with van der Waals surface area (Å²) >= 11 is 1.37. The van der Waals surface area contributed by atoms with Crippen LogP contribution in [0.15, 0.2) is 18.2 Å². The monoisotopic (exact) mass is 436 g/mol. The topological polar surface area (TPSA) is 114 Å². The van der Waals surface area contributed by atoms with E-state index in [2.05, 4.69) is 5.32 Å². The number of ether oxygens (including phenoxy) is 3. The SMILES string of the molecule is COc1cc(/C=C/C(=O)N[C@@H]2C(=O)N3[C@@H]2SC(C)(C)[C@@H]3C(=O)O)cc(OC)c1OC. The molecule has 2 fully saturated rings. The summed E-state index contributed by atoms with van der Waals surface area (Å²) in [4.78, 5) is 37.7. The van der Waals surface area contributed by atoms with Crippen LogP contribution in [-0.2, 0) is 14.4 Å². The predicted octanol–water partition coefficient (Wildman–Crippen LogP) is 1.36. The van der Waals surface area contributed by atoms with Crippen LogP contribution < -0.4 is 19.5 Å². The van der Waals surface area contributed by atoms with Gasteiger partial charge in [-0.05, 0) is 37.6 Å². The average molecular weight is 436 g/mol. The number of carbonyl (C=O) groups excluding carboxylic acids is 2. The Bertz CT molecular complexity index is 889. The molecular weight excluding hydrogens is 412 g/mol. The summed E-state index contributed by atoms with van der Waals surface area (Å²) in [6.07, 6.45) is 2.86. The molecular formula is C20H24N2O7S. The molecule has 1 aromatic rings. The highest BCUT2D eigenvalue weighted by Crippen LogP contribution is 2.50. The number of carboxylic acids is 1. The second-order valence-corrected chi connectivity index (χ2v) is 9.15. The standard InChI is InChI=1S/C20H24N2O7S/c1-20(2)16(19(25)26)22-17(24)14(18(22)30-20)21-13(23)7-6-10-8-11(27-3)15(29-5)12(9-10)28-4/h6-9,14,16,18H,1-5H3,(H,21,23)(H,25,26)/b7-6+/t14-,16+,18-/m1/s1. The van der Waals surface area contributed by atoms with Crippen molar-refractivity contribution >= 4 is 35.6 Å². The van der Waals surface area contributed by atoms with E-state index >= 15 is 0 Å². The molecule has 9 nitrogen and oxygen atoms in total. The van der Waals surface area contributed by atoms with Crippen LogP contribution in [0, 0.1) is 0 Å². The molecule has 0 radical (unpaired) electrons. The van der Waals surface area contributed by atoms with Crippen LogP contribution in [0.3, 0.4) is 0 Å². The van der Waals surface area contributed by atoms with E-state index in [9.17, 15) is 19.5 Å². The van der Waals surface area contributed by atoms with Crippen molar-refractivity contribution in [3.63, 3.8) is 0 Å². The molecule has 162 valence electrons. The van der Waals surface area contributed by atoms with Gasteiger partial charge in [0.05, 0.1) is 21.3 Å². The number of rotatable bonds is 7. The van der Waals surface area contributed by atoms with Gasteiger partial charge in [-0.3, -0.25) is 9.59 Å². The Hall–Kier alpha value is -2.88. The Labute approximate surface area is 178 Å². The fourth-order valence-corrected chi connectivity index (χ4v) is 5.34. The van der Waals surface area contributed by atoms with Crippen molar-refractivity contribution in [2.45, 2.75) is 36.1 Å². The fourth-order valence-electron chi connectivity index (χ4n) is 3.72. The minimum absolute atomic E-state index is 0.389. The number of amides is 2. The number of carboxylic acid groups (broad SMARTS) is 1. The molecule has 3 atom stereocenters. The number of hydrogen-bond acceptors (Lipinski definition) is 7. The van der Waals surface area contributed by atoms with Crippen LogP contribution in [0.1, 0.15) is 19.4 Å². The number of thioether (sulfide) groups is 1. The van der Waals surface area contributed by atoms with Crippen LogP contribution in [0.2, 0.25) is 0 Å². The molecule has 2 amide bonds. The first kappa shape index (κ1) is 21.8. The molecule has 2 N–H and O–H groups in total. The fraction of sp³-hybridized carbons (Fsp3) is 0.450. The third-order valence-corrected chi connectivity index (χ3v) is 6.66. The van der Waals surface area contributed by atoms with Crippen LogP contribution in [0.25, 0.3) is 6.08 Å². The molecule has 2 saturated heterocycles. The summed E-state index contributed by atoms with van der Waals surface area (Å²) in [5.41, 5.74) is 0.642. The molecule has 0 aromatic heterocycles. The highest BCUT2D eigenvalue weighted by Gasteiger charge is 2.64. The van der Waals surface area contributed by atoms with Gasteiger partial charge >= 0.3 is 5.97 Å². The molecule has 0 bridgehead atoms. The van der Waals surface area contributed by atoms with Gasteiger partial charge in [0.2, 0.25) is 17.6 Å². The predicted molar refractivity (Wildman–Crippen MR) is 111 cm³/mol. The zero-order valence-electron chi connectivity index (χ0n) is 17.3. The van der Waals surface area contributed by atoms with E-state index in [0.717, 1.165) is 0 Å². The smallest absolute Gasteiger partial charge is 0.327 e. The lowest BCUT2D eigenvalue weighted by atomic mass is 9.96. The number of nitrogens with one attached hydrogen (secondary N) is 1. The Morgan fingerprint density at radius 3 is 2.27 bits per heavy atom. The third kappa shape index (κ3) is 3.67. The minimum Gasteiger partial charge on any atom is -0.493 e. The molecule has 10 heteroatoms. The molecule has 30 heavy (non-hydrogen) atoms. The minimum atomic E-state index is -1.05. The van der Waals surface area contributed by atoms with Gasteiger partial charge in [0.15, 0.2) is 11.5 Å². The van der Waals surface area contributed by atoms with Crippen LogP contribution in [-0.4, -0.2) is 71.3 Å². The Morgan fingerprint density at radius 1 is 1.17 bits per heavy atom. The second-order valence-electron chi connectivity index (χ2n) is 7.38. The van der Waals surface area contributed by atoms with E-state index in [0.29, 0.717) is 22.8 Å². The van der Waals surface area contributed by atoms with Crippen molar-refractivity contribution in [3.8, 4) is 17.2 Å². The number of hydrogen-bond donors (Lipinski definition) is 2. The number of nitrogens with zero attached hydrogens (tertiary/aromatic N) is 1. The Morgan fingerprint density at radius 2 is 1.77 bits per heavy atom. The first-order valence-electron chi connectivity index (χ1n) is 9.16. The molecule has 3 rings (SSSR count). The number of β-lactam (4-membered cyclic amide) rings is 1. The van der Waals surface area contributed by atoms with E-state index in [-0.39, 0.29) is 5.91 Å². The maximum Gasteiger partial charge on any atom is 0.327 e. The van der Waals surface area contributed by atoms with Gasteiger partial charge in [-0.2, -0.15) is 0 Å². The molecule has 0 aliphatic carbocycles. The van der Waals surface area contributed by atoms with Gasteiger partial charge < -0.3 is 29.5 Å². The number of aliphatic carboxylic acids is 1. The highest BCUT2D eigenvalue weighted by molar-refractivity contribution is 8.01. The van der Waals surface area contributed by atoms with Crippen molar-refractivity contribution in [2.75, 3.05) is 21.3 Å². The molecule has 2 aliphatic rings. The van der Waals surface area contributed by atoms with Crippen molar-refractivity contribution in [2.24, 2.45) is 0 Å². The summed E-state index contributed by atoms with van der Waals surface area (Å²) in [6, 6.07) is 1.71. The maximum atomic E-state index is 12.5. The first-order valence-corrected chi connectivity index (χ1v) is 10.0. The average Bonchev–Trinajstić information content (AvgIpc) is 2.97. The highest BCUT2D eigenvalue weighted by atomic mass is 32.2. The molecule has 2 aliphatic heterocycles. The zero-order chi connectivity index (χ0) is 22.2. The second kappa shape index (κ2) is 8.10. The lowest BCUT2D eigenvalue weighted by Crippen LogP contribution is -2.70. The first-order chi connectivity index (χ1) is 14.1. The van der Waals surface area contributed by atoms with Crippen molar-refractivity contribution in [1.29, 1.82) is 0 Å². The van der Waals surface area contributed by atoms with E-state index in [4.69, 9.17) is 14.2 Å². The number of methoxy groups -OCH3 is 3. The van der Waals surface area contributed by atoms with Gasteiger partial charge in [0.1, 0.15) is 17.5 Å². The van der Waals surface area contributed by atoms with Gasteiger partial charge in [-0.1, -0.05) is 0 Å². The summed E-state index contributed by atoms with van der Waals surface area (Å²) in [5, 5.41) is 11.7. The van der Waals surface area contributed by atoms with Gasteiger partial charge in [0.25, 0.3) is 0 Å². The Balaban J connectivity index is 1.71. The normalized spacial score (nSPS) is 24.2. The van der Waals surface area contributed by atoms with E-state index in [1.165, 1.54) is 44.1 Å². The van der Waals surface area contributed by atoms with Crippen molar-refractivity contribution in [1.82, 2.24) is 10.2 Å².